The van der Waals surface area contributed by atoms with Crippen LogP contribution in [0.3, 0.4) is 0 Å². The van der Waals surface area contributed by atoms with E-state index in [0.29, 0.717) is 41.4 Å². The highest BCUT2D eigenvalue weighted by Gasteiger charge is 2.29. The first-order valence-electron chi connectivity index (χ1n) is 12.1. The quantitative estimate of drug-likeness (QED) is 0.396. The van der Waals surface area contributed by atoms with Gasteiger partial charge in [-0.05, 0) is 62.0 Å². The number of anilines is 1. The van der Waals surface area contributed by atoms with Crippen LogP contribution in [0.25, 0.3) is 0 Å². The van der Waals surface area contributed by atoms with Gasteiger partial charge in [-0.25, -0.2) is 9.18 Å². The number of carbonyl (C=O) groups excluding carboxylic acids is 2. The van der Waals surface area contributed by atoms with Crippen molar-refractivity contribution in [3.8, 4) is 5.75 Å². The second kappa shape index (κ2) is 12.8. The molecule has 1 aliphatic rings. The van der Waals surface area contributed by atoms with Crippen molar-refractivity contribution < 1.29 is 23.5 Å². The van der Waals surface area contributed by atoms with Crippen molar-refractivity contribution in [3.63, 3.8) is 0 Å². The zero-order chi connectivity index (χ0) is 26.2. The molecule has 2 aromatic rings. The number of rotatable bonds is 10. The highest BCUT2D eigenvalue weighted by Crippen LogP contribution is 2.32. The molecule has 196 valence electrons. The Bertz CT molecular complexity index is 1040. The van der Waals surface area contributed by atoms with Gasteiger partial charge in [-0.3, -0.25) is 9.69 Å². The Balaban J connectivity index is 1.62. The van der Waals surface area contributed by atoms with Crippen molar-refractivity contribution in [1.82, 2.24) is 10.2 Å². The summed E-state index contributed by atoms with van der Waals surface area (Å²) in [4.78, 5) is 26.4. The summed E-state index contributed by atoms with van der Waals surface area (Å²) in [6, 6.07) is 9.43. The molecule has 1 heterocycles. The summed E-state index contributed by atoms with van der Waals surface area (Å²) in [7, 11) is 1.48. The summed E-state index contributed by atoms with van der Waals surface area (Å²) in [6.07, 6.45) is 1.78. The number of amides is 2. The van der Waals surface area contributed by atoms with Crippen LogP contribution in [0.2, 0.25) is 5.02 Å². The van der Waals surface area contributed by atoms with E-state index in [4.69, 9.17) is 32.5 Å². The van der Waals surface area contributed by atoms with Crippen molar-refractivity contribution in [2.24, 2.45) is 11.7 Å². The van der Waals surface area contributed by atoms with E-state index < -0.39 is 6.09 Å². The fourth-order valence-corrected chi connectivity index (χ4v) is 4.77. The molecule has 0 aliphatic carbocycles. The van der Waals surface area contributed by atoms with Gasteiger partial charge in [0.2, 0.25) is 0 Å². The highest BCUT2D eigenvalue weighted by atomic mass is 35.5. The first-order valence-corrected chi connectivity index (χ1v) is 12.5. The topological polar surface area (TPSA) is 120 Å². The van der Waals surface area contributed by atoms with Gasteiger partial charge in [0.05, 0.1) is 23.4 Å². The predicted octanol–water partition coefficient (Wildman–Crippen LogP) is 4.52. The average molecular weight is 521 g/mol. The van der Waals surface area contributed by atoms with Crippen molar-refractivity contribution in [1.29, 1.82) is 0 Å². The maximum Gasteiger partial charge on any atom is 0.404 e. The summed E-state index contributed by atoms with van der Waals surface area (Å²) in [6.45, 7) is 4.02. The molecule has 0 aromatic heterocycles. The van der Waals surface area contributed by atoms with Gasteiger partial charge in [-0.15, -0.1) is 0 Å². The minimum absolute atomic E-state index is 0.0494. The van der Waals surface area contributed by atoms with Gasteiger partial charge in [-0.2, -0.15) is 0 Å². The maximum atomic E-state index is 13.6. The zero-order valence-corrected chi connectivity index (χ0v) is 21.4. The fraction of sp³-hybridized carbons (Fsp3) is 0.462. The molecule has 0 saturated carbocycles. The Kier molecular flexibility index (Phi) is 9.78. The van der Waals surface area contributed by atoms with E-state index in [1.165, 1.54) is 31.4 Å². The van der Waals surface area contributed by atoms with Crippen molar-refractivity contribution in [2.75, 3.05) is 32.5 Å². The minimum atomic E-state index is -0.798. The van der Waals surface area contributed by atoms with Gasteiger partial charge in [0.1, 0.15) is 17.7 Å². The molecule has 2 atom stereocenters. The van der Waals surface area contributed by atoms with Crippen LogP contribution in [0, 0.1) is 11.7 Å². The Labute approximate surface area is 216 Å². The fourth-order valence-electron chi connectivity index (χ4n) is 4.61. The summed E-state index contributed by atoms with van der Waals surface area (Å²) >= 11 is 6.09. The molecule has 5 N–H and O–H groups in total. The standard InChI is InChI=1S/C26H34ClFN4O4/c1-3-19(36-26(30)34)12-23(17-4-6-18(28)7-5-17)32-10-8-16(9-11-32)15-31-25(33)20-13-21(27)22(29)14-24(20)35-2/h4-7,13-14,16,19,23H,3,8-12,15,29H2,1-2H3,(H2,30,34)(H,31,33). The maximum absolute atomic E-state index is 13.6. The van der Waals surface area contributed by atoms with E-state index in [-0.39, 0.29) is 29.8 Å². The summed E-state index contributed by atoms with van der Waals surface area (Å²) in [5.41, 5.74) is 12.7. The van der Waals surface area contributed by atoms with E-state index in [0.717, 1.165) is 31.5 Å². The molecule has 1 saturated heterocycles. The molecule has 0 bridgehead atoms. The SMILES string of the molecule is CCC(CC(c1ccc(F)cc1)N1CCC(CNC(=O)c2cc(Cl)c(N)cc2OC)CC1)OC(N)=O. The molecule has 1 aliphatic heterocycles. The van der Waals surface area contributed by atoms with E-state index in [1.54, 1.807) is 12.1 Å². The van der Waals surface area contributed by atoms with Gasteiger partial charge in [0.15, 0.2) is 0 Å². The summed E-state index contributed by atoms with van der Waals surface area (Å²) in [5, 5.41) is 3.28. The molecule has 2 aromatic carbocycles. The summed E-state index contributed by atoms with van der Waals surface area (Å²) < 4.78 is 24.1. The van der Waals surface area contributed by atoms with Crippen LogP contribution in [0.4, 0.5) is 14.9 Å². The second-order valence-electron chi connectivity index (χ2n) is 9.03. The van der Waals surface area contributed by atoms with E-state index in [9.17, 15) is 14.0 Å². The number of hydrogen-bond acceptors (Lipinski definition) is 6. The number of ether oxygens (including phenoxy) is 2. The molecule has 0 spiro atoms. The number of nitrogens with one attached hydrogen (secondary N) is 1. The smallest absolute Gasteiger partial charge is 0.404 e. The number of methoxy groups -OCH3 is 1. The van der Waals surface area contributed by atoms with Crippen LogP contribution in [0.5, 0.6) is 5.75 Å². The third-order valence-corrected chi connectivity index (χ3v) is 7.01. The van der Waals surface area contributed by atoms with Crippen LogP contribution in [-0.2, 0) is 4.74 Å². The van der Waals surface area contributed by atoms with E-state index >= 15 is 0 Å². The number of nitrogens with zero attached hydrogens (tertiary/aromatic N) is 1. The lowest BCUT2D eigenvalue weighted by molar-refractivity contribution is 0.0566. The molecule has 8 nitrogen and oxygen atoms in total. The molecule has 0 radical (unpaired) electrons. The third kappa shape index (κ3) is 7.24. The van der Waals surface area contributed by atoms with Gasteiger partial charge in [0, 0.05) is 25.1 Å². The van der Waals surface area contributed by atoms with Gasteiger partial charge in [-0.1, -0.05) is 30.7 Å². The molecule has 2 unspecified atom stereocenters. The normalized spacial score (nSPS) is 16.2. The number of likely N-dealkylation sites (tertiary alicyclic amines) is 1. The number of halogens is 2. The van der Waals surface area contributed by atoms with E-state index in [2.05, 4.69) is 10.2 Å². The molecule has 10 heteroatoms. The lowest BCUT2D eigenvalue weighted by Gasteiger charge is -2.39. The minimum Gasteiger partial charge on any atom is -0.496 e. The molecular weight excluding hydrogens is 487 g/mol. The Hall–Kier alpha value is -3.04. The van der Waals surface area contributed by atoms with Gasteiger partial charge in [0.25, 0.3) is 5.91 Å². The molecule has 36 heavy (non-hydrogen) atoms. The number of hydrogen-bond donors (Lipinski definition) is 3. The first kappa shape index (κ1) is 27.5. The average Bonchev–Trinajstić information content (AvgIpc) is 2.87. The second-order valence-corrected chi connectivity index (χ2v) is 9.44. The van der Waals surface area contributed by atoms with Crippen LogP contribution in [-0.4, -0.2) is 49.7 Å². The van der Waals surface area contributed by atoms with Crippen molar-refractivity contribution in [2.45, 2.75) is 44.8 Å². The largest absolute Gasteiger partial charge is 0.496 e. The lowest BCUT2D eigenvalue weighted by atomic mass is 9.91. The van der Waals surface area contributed by atoms with Gasteiger partial charge >= 0.3 is 6.09 Å². The first-order chi connectivity index (χ1) is 17.2. The van der Waals surface area contributed by atoms with Crippen molar-refractivity contribution >= 4 is 29.3 Å². The molecule has 2 amide bonds. The van der Waals surface area contributed by atoms with Gasteiger partial charge < -0.3 is 26.3 Å². The van der Waals surface area contributed by atoms with E-state index in [1.807, 2.05) is 6.92 Å². The Morgan fingerprint density at radius 2 is 1.89 bits per heavy atom. The monoisotopic (exact) mass is 520 g/mol. The lowest BCUT2D eigenvalue weighted by Crippen LogP contribution is -2.41. The Morgan fingerprint density at radius 3 is 2.47 bits per heavy atom. The van der Waals surface area contributed by atoms with Crippen LogP contribution < -0.4 is 21.5 Å². The molecule has 3 rings (SSSR count). The zero-order valence-electron chi connectivity index (χ0n) is 20.6. The number of nitrogen functional groups attached to an aromatic ring is 1. The van der Waals surface area contributed by atoms with Crippen LogP contribution >= 0.6 is 11.6 Å². The van der Waals surface area contributed by atoms with Crippen molar-refractivity contribution in [3.05, 3.63) is 58.4 Å². The predicted molar refractivity (Wildman–Crippen MR) is 138 cm³/mol. The number of nitrogens with two attached hydrogens (primary N) is 2. The number of piperidine rings is 1. The molecular formula is C26H34ClFN4O4. The number of benzene rings is 2. The number of carbonyl (C=O) groups is 2. The summed E-state index contributed by atoms with van der Waals surface area (Å²) in [5.74, 6) is 0.0920. The highest BCUT2D eigenvalue weighted by molar-refractivity contribution is 6.33. The third-order valence-electron chi connectivity index (χ3n) is 6.68. The van der Waals surface area contributed by atoms with Crippen LogP contribution in [0.1, 0.15) is 54.6 Å². The molecule has 1 fully saturated rings. The van der Waals surface area contributed by atoms with Crippen LogP contribution in [0.15, 0.2) is 36.4 Å². The Morgan fingerprint density at radius 1 is 1.22 bits per heavy atom. The number of primary amides is 1.